The molecule has 1 atom stereocenters. The topological polar surface area (TPSA) is 76.1 Å². The number of aliphatic carboxylic acids is 1. The van der Waals surface area contributed by atoms with Crippen LogP contribution in [0, 0.1) is 6.92 Å². The summed E-state index contributed by atoms with van der Waals surface area (Å²) in [5.41, 5.74) is 1.07. The van der Waals surface area contributed by atoms with Gasteiger partial charge in [0.05, 0.1) is 14.2 Å². The SMILES string of the molecule is COc1ccc(C)c(OC)c1C(=O)N1CC[C@H]1C(=O)O. The first-order valence-electron chi connectivity index (χ1n) is 6.26. The number of hydrogen-bond donors (Lipinski definition) is 1. The molecule has 20 heavy (non-hydrogen) atoms. The lowest BCUT2D eigenvalue weighted by Gasteiger charge is -2.38. The summed E-state index contributed by atoms with van der Waals surface area (Å²) in [7, 11) is 2.94. The minimum atomic E-state index is -0.991. The average Bonchev–Trinajstić information content (AvgIpc) is 2.36. The Morgan fingerprint density at radius 3 is 2.45 bits per heavy atom. The normalized spacial score (nSPS) is 17.4. The summed E-state index contributed by atoms with van der Waals surface area (Å²) in [6.07, 6.45) is 0.470. The maximum atomic E-state index is 12.6. The minimum absolute atomic E-state index is 0.279. The van der Waals surface area contributed by atoms with Crippen molar-refractivity contribution in [1.82, 2.24) is 4.90 Å². The highest BCUT2D eigenvalue weighted by Crippen LogP contribution is 2.35. The van der Waals surface area contributed by atoms with Crippen LogP contribution in [0.15, 0.2) is 12.1 Å². The fraction of sp³-hybridized carbons (Fsp3) is 0.429. The lowest BCUT2D eigenvalue weighted by molar-refractivity contribution is -0.146. The van der Waals surface area contributed by atoms with Gasteiger partial charge in [0.2, 0.25) is 0 Å². The van der Waals surface area contributed by atoms with E-state index in [1.807, 2.05) is 6.92 Å². The van der Waals surface area contributed by atoms with Crippen LogP contribution in [0.25, 0.3) is 0 Å². The first-order valence-corrected chi connectivity index (χ1v) is 6.26. The summed E-state index contributed by atoms with van der Waals surface area (Å²) in [5, 5.41) is 9.05. The number of carbonyl (C=O) groups excluding carboxylic acids is 1. The molecule has 1 aliphatic rings. The van der Waals surface area contributed by atoms with Gasteiger partial charge < -0.3 is 19.5 Å². The fourth-order valence-electron chi connectivity index (χ4n) is 2.34. The standard InChI is InChI=1S/C14H17NO5/c1-8-4-5-10(19-2)11(12(8)20-3)13(16)15-7-6-9(15)14(17)18/h4-5,9H,6-7H2,1-3H3,(H,17,18)/t9-/m0/s1. The number of rotatable bonds is 4. The van der Waals surface area contributed by atoms with E-state index < -0.39 is 12.0 Å². The quantitative estimate of drug-likeness (QED) is 0.899. The molecule has 1 aliphatic heterocycles. The van der Waals surface area contributed by atoms with Crippen LogP contribution in [0.4, 0.5) is 0 Å². The van der Waals surface area contributed by atoms with Crippen LogP contribution in [-0.2, 0) is 4.79 Å². The number of amides is 1. The molecule has 0 aliphatic carbocycles. The van der Waals surface area contributed by atoms with Crippen molar-refractivity contribution >= 4 is 11.9 Å². The van der Waals surface area contributed by atoms with E-state index in [-0.39, 0.29) is 11.5 Å². The number of carboxylic acid groups (broad SMARTS) is 1. The molecule has 0 saturated carbocycles. The van der Waals surface area contributed by atoms with Crippen LogP contribution >= 0.6 is 0 Å². The van der Waals surface area contributed by atoms with Crippen LogP contribution in [-0.4, -0.2) is 48.7 Å². The number of ether oxygens (including phenoxy) is 2. The molecule has 0 radical (unpaired) electrons. The van der Waals surface area contributed by atoms with E-state index in [1.54, 1.807) is 12.1 Å². The molecule has 2 rings (SSSR count). The summed E-state index contributed by atoms with van der Waals surface area (Å²) in [5.74, 6) is -0.560. The maximum Gasteiger partial charge on any atom is 0.326 e. The molecule has 6 heteroatoms. The van der Waals surface area contributed by atoms with Crippen LogP contribution < -0.4 is 9.47 Å². The van der Waals surface area contributed by atoms with Gasteiger partial charge in [-0.3, -0.25) is 4.79 Å². The number of carboxylic acids is 1. The first-order chi connectivity index (χ1) is 9.51. The molecule has 0 aromatic heterocycles. The Morgan fingerprint density at radius 2 is 2.00 bits per heavy atom. The number of methoxy groups -OCH3 is 2. The van der Waals surface area contributed by atoms with E-state index in [2.05, 4.69) is 0 Å². The smallest absolute Gasteiger partial charge is 0.326 e. The Morgan fingerprint density at radius 1 is 1.30 bits per heavy atom. The Kier molecular flexibility index (Phi) is 3.83. The molecule has 0 spiro atoms. The van der Waals surface area contributed by atoms with E-state index in [4.69, 9.17) is 14.6 Å². The molecule has 1 aromatic carbocycles. The van der Waals surface area contributed by atoms with Gasteiger partial charge in [0.25, 0.3) is 5.91 Å². The van der Waals surface area contributed by atoms with Gasteiger partial charge in [-0.25, -0.2) is 4.79 Å². The summed E-state index contributed by atoms with van der Waals surface area (Å²) in [6, 6.07) is 2.71. The number of likely N-dealkylation sites (tertiary alicyclic amines) is 1. The summed E-state index contributed by atoms with van der Waals surface area (Å²) in [6.45, 7) is 2.25. The molecule has 1 N–H and O–H groups in total. The molecular weight excluding hydrogens is 262 g/mol. The van der Waals surface area contributed by atoms with Crippen LogP contribution in [0.3, 0.4) is 0 Å². The van der Waals surface area contributed by atoms with E-state index >= 15 is 0 Å². The summed E-state index contributed by atoms with van der Waals surface area (Å²) < 4.78 is 10.5. The van der Waals surface area contributed by atoms with Crippen molar-refractivity contribution in [2.75, 3.05) is 20.8 Å². The van der Waals surface area contributed by atoms with Crippen molar-refractivity contribution in [3.63, 3.8) is 0 Å². The van der Waals surface area contributed by atoms with E-state index in [9.17, 15) is 9.59 Å². The van der Waals surface area contributed by atoms with Crippen LogP contribution in [0.5, 0.6) is 11.5 Å². The number of hydrogen-bond acceptors (Lipinski definition) is 4. The lowest BCUT2D eigenvalue weighted by Crippen LogP contribution is -2.55. The summed E-state index contributed by atoms with van der Waals surface area (Å²) in [4.78, 5) is 24.9. The number of nitrogens with zero attached hydrogens (tertiary/aromatic N) is 1. The monoisotopic (exact) mass is 279 g/mol. The van der Waals surface area contributed by atoms with Gasteiger partial charge in [0, 0.05) is 6.54 Å². The predicted molar refractivity (Wildman–Crippen MR) is 71.4 cm³/mol. The zero-order valence-electron chi connectivity index (χ0n) is 11.7. The largest absolute Gasteiger partial charge is 0.496 e. The van der Waals surface area contributed by atoms with E-state index in [1.165, 1.54) is 19.1 Å². The lowest BCUT2D eigenvalue weighted by atomic mass is 9.99. The molecular formula is C14H17NO5. The second kappa shape index (κ2) is 5.40. The van der Waals surface area contributed by atoms with Crippen molar-refractivity contribution in [3.8, 4) is 11.5 Å². The maximum absolute atomic E-state index is 12.6. The Labute approximate surface area is 116 Å². The number of carbonyl (C=O) groups is 2. The molecule has 1 aromatic rings. The van der Waals surface area contributed by atoms with Gasteiger partial charge in [-0.1, -0.05) is 6.07 Å². The van der Waals surface area contributed by atoms with Crippen molar-refractivity contribution < 1.29 is 24.2 Å². The second-order valence-electron chi connectivity index (χ2n) is 4.63. The molecule has 1 saturated heterocycles. The Balaban J connectivity index is 2.43. The molecule has 1 fully saturated rings. The van der Waals surface area contributed by atoms with E-state index in [0.717, 1.165) is 5.56 Å². The molecule has 0 unspecified atom stereocenters. The predicted octanol–water partition coefficient (Wildman–Crippen LogP) is 1.31. The zero-order chi connectivity index (χ0) is 14.9. The van der Waals surface area contributed by atoms with Crippen molar-refractivity contribution in [2.45, 2.75) is 19.4 Å². The van der Waals surface area contributed by atoms with Gasteiger partial charge in [-0.15, -0.1) is 0 Å². The zero-order valence-corrected chi connectivity index (χ0v) is 11.7. The second-order valence-corrected chi connectivity index (χ2v) is 4.63. The number of benzene rings is 1. The van der Waals surface area contributed by atoms with Crippen molar-refractivity contribution in [3.05, 3.63) is 23.3 Å². The van der Waals surface area contributed by atoms with Crippen molar-refractivity contribution in [1.29, 1.82) is 0 Å². The third kappa shape index (κ3) is 2.17. The van der Waals surface area contributed by atoms with Crippen LogP contribution in [0.2, 0.25) is 0 Å². The highest BCUT2D eigenvalue weighted by molar-refractivity contribution is 6.02. The molecule has 6 nitrogen and oxygen atoms in total. The fourth-order valence-corrected chi connectivity index (χ4v) is 2.34. The Bertz CT molecular complexity index is 555. The van der Waals surface area contributed by atoms with Gasteiger partial charge >= 0.3 is 5.97 Å². The van der Waals surface area contributed by atoms with E-state index in [0.29, 0.717) is 24.5 Å². The molecule has 108 valence electrons. The van der Waals surface area contributed by atoms with Gasteiger partial charge in [0.15, 0.2) is 0 Å². The van der Waals surface area contributed by atoms with Gasteiger partial charge in [0.1, 0.15) is 23.1 Å². The molecule has 1 amide bonds. The first kappa shape index (κ1) is 14.2. The number of aryl methyl sites for hydroxylation is 1. The van der Waals surface area contributed by atoms with Crippen LogP contribution in [0.1, 0.15) is 22.3 Å². The van der Waals surface area contributed by atoms with Gasteiger partial charge in [-0.2, -0.15) is 0 Å². The molecule has 0 bridgehead atoms. The summed E-state index contributed by atoms with van der Waals surface area (Å²) >= 11 is 0. The van der Waals surface area contributed by atoms with Gasteiger partial charge in [-0.05, 0) is 25.0 Å². The minimum Gasteiger partial charge on any atom is -0.496 e. The Hall–Kier alpha value is -2.24. The highest BCUT2D eigenvalue weighted by Gasteiger charge is 2.40. The average molecular weight is 279 g/mol. The van der Waals surface area contributed by atoms with Crippen molar-refractivity contribution in [2.24, 2.45) is 0 Å². The third-order valence-corrected chi connectivity index (χ3v) is 3.52. The third-order valence-electron chi connectivity index (χ3n) is 3.52. The highest BCUT2D eigenvalue weighted by atomic mass is 16.5. The molecule has 1 heterocycles.